The zero-order valence-corrected chi connectivity index (χ0v) is 19.3. The molecule has 2 rings (SSSR count). The van der Waals surface area contributed by atoms with Gasteiger partial charge in [-0.1, -0.05) is 6.07 Å². The molecule has 0 saturated carbocycles. The van der Waals surface area contributed by atoms with E-state index in [1.807, 2.05) is 0 Å². The number of hydrogen-bond donors (Lipinski definition) is 1. The van der Waals surface area contributed by atoms with Gasteiger partial charge in [-0.25, -0.2) is 8.42 Å². The van der Waals surface area contributed by atoms with E-state index in [0.29, 0.717) is 5.96 Å². The smallest absolute Gasteiger partial charge is 0.416 e. The maximum Gasteiger partial charge on any atom is 0.416 e. The van der Waals surface area contributed by atoms with Crippen molar-refractivity contribution in [1.29, 1.82) is 0 Å². The van der Waals surface area contributed by atoms with Crippen LogP contribution in [0.15, 0.2) is 23.2 Å². The number of nitrogens with one attached hydrogen (secondary N) is 1. The third kappa shape index (κ3) is 5.43. The first-order valence-electron chi connectivity index (χ1n) is 8.33. The lowest BCUT2D eigenvalue weighted by Crippen LogP contribution is -2.57. The first-order valence-corrected chi connectivity index (χ1v) is 9.98. The van der Waals surface area contributed by atoms with Gasteiger partial charge in [-0.15, -0.1) is 24.0 Å². The molecule has 1 fully saturated rings. The van der Waals surface area contributed by atoms with E-state index < -0.39 is 26.3 Å². The molecule has 0 amide bonds. The van der Waals surface area contributed by atoms with E-state index in [4.69, 9.17) is 4.74 Å². The number of sulfone groups is 1. The van der Waals surface area contributed by atoms with Gasteiger partial charge in [-0.2, -0.15) is 13.2 Å². The molecule has 1 N–H and O–H groups in total. The predicted molar refractivity (Wildman–Crippen MR) is 113 cm³/mol. The number of nitrogens with zero attached hydrogens (tertiary/aromatic N) is 2. The molecule has 0 aliphatic carbocycles. The zero-order chi connectivity index (χ0) is 20.5. The highest BCUT2D eigenvalue weighted by atomic mass is 127. The van der Waals surface area contributed by atoms with Crippen LogP contribution in [0.3, 0.4) is 0 Å². The van der Waals surface area contributed by atoms with E-state index in [-0.39, 0.29) is 60.7 Å². The lowest BCUT2D eigenvalue weighted by Gasteiger charge is -2.39. The molecule has 1 aliphatic rings. The number of rotatable bonds is 3. The average molecular weight is 535 g/mol. The molecule has 6 nitrogen and oxygen atoms in total. The summed E-state index contributed by atoms with van der Waals surface area (Å²) in [7, 11) is -0.406. The Labute approximate surface area is 180 Å². The number of guanidine groups is 1. The molecule has 1 saturated heterocycles. The average Bonchev–Trinajstić information content (AvgIpc) is 2.57. The molecule has 1 aromatic carbocycles. The highest BCUT2D eigenvalue weighted by Gasteiger charge is 2.41. The number of alkyl halides is 3. The van der Waals surface area contributed by atoms with Gasteiger partial charge in [0, 0.05) is 26.7 Å². The van der Waals surface area contributed by atoms with Crippen LogP contribution in [0.2, 0.25) is 0 Å². The number of benzene rings is 1. The fourth-order valence-corrected chi connectivity index (χ4v) is 4.30. The lowest BCUT2D eigenvalue weighted by atomic mass is 10.1. The predicted octanol–water partition coefficient (Wildman–Crippen LogP) is 2.92. The van der Waals surface area contributed by atoms with Gasteiger partial charge in [0.25, 0.3) is 0 Å². The first-order chi connectivity index (χ1) is 12.4. The summed E-state index contributed by atoms with van der Waals surface area (Å²) >= 11 is 0. The van der Waals surface area contributed by atoms with Crippen molar-refractivity contribution in [2.45, 2.75) is 31.3 Å². The Morgan fingerprint density at radius 3 is 2.50 bits per heavy atom. The van der Waals surface area contributed by atoms with E-state index in [0.717, 1.165) is 6.07 Å². The Hall–Kier alpha value is -1.24. The minimum absolute atomic E-state index is 0. The minimum Gasteiger partial charge on any atom is -0.497 e. The van der Waals surface area contributed by atoms with Crippen molar-refractivity contribution in [3.05, 3.63) is 29.3 Å². The van der Waals surface area contributed by atoms with Gasteiger partial charge >= 0.3 is 6.18 Å². The second-order valence-corrected chi connectivity index (χ2v) is 9.66. The van der Waals surface area contributed by atoms with Gasteiger partial charge in [0.15, 0.2) is 15.8 Å². The van der Waals surface area contributed by atoms with Gasteiger partial charge in [-0.05, 0) is 31.5 Å². The molecule has 0 atom stereocenters. The Bertz CT molecular complexity index is 827. The molecule has 1 aromatic rings. The highest BCUT2D eigenvalue weighted by molar-refractivity contribution is 14.0. The van der Waals surface area contributed by atoms with E-state index in [1.165, 1.54) is 26.3 Å². The van der Waals surface area contributed by atoms with Crippen LogP contribution in [0.4, 0.5) is 13.2 Å². The molecule has 0 aromatic heterocycles. The minimum atomic E-state index is -4.52. The Morgan fingerprint density at radius 1 is 1.36 bits per heavy atom. The molecule has 0 bridgehead atoms. The Balaban J connectivity index is 0.00000392. The molecule has 0 unspecified atom stereocenters. The summed E-state index contributed by atoms with van der Waals surface area (Å²) in [5.74, 6) is 0.456. The van der Waals surface area contributed by atoms with Crippen LogP contribution in [0, 0.1) is 0 Å². The fourth-order valence-electron chi connectivity index (χ4n) is 2.93. The van der Waals surface area contributed by atoms with Crippen LogP contribution in [-0.2, 0) is 22.6 Å². The summed E-state index contributed by atoms with van der Waals surface area (Å²) in [4.78, 5) is 5.84. The van der Waals surface area contributed by atoms with Crippen LogP contribution in [0.1, 0.15) is 25.0 Å². The van der Waals surface area contributed by atoms with Crippen LogP contribution in [0.25, 0.3) is 0 Å². The topological polar surface area (TPSA) is 71.0 Å². The molecule has 0 spiro atoms. The number of methoxy groups -OCH3 is 1. The van der Waals surface area contributed by atoms with Crippen LogP contribution >= 0.6 is 24.0 Å². The third-order valence-corrected chi connectivity index (χ3v) is 7.15. The molecule has 0 radical (unpaired) electrons. The Morgan fingerprint density at radius 2 is 2.00 bits per heavy atom. The molecule has 11 heteroatoms. The van der Waals surface area contributed by atoms with E-state index >= 15 is 0 Å². The fraction of sp³-hybridized carbons (Fsp3) is 0.588. The normalized spacial score (nSPS) is 19.0. The van der Waals surface area contributed by atoms with Crippen molar-refractivity contribution in [3.8, 4) is 5.75 Å². The summed E-state index contributed by atoms with van der Waals surface area (Å²) in [5.41, 5.74) is -0.736. The Kier molecular flexibility index (Phi) is 8.02. The van der Waals surface area contributed by atoms with Gasteiger partial charge in [0.05, 0.1) is 23.2 Å². The van der Waals surface area contributed by atoms with Gasteiger partial charge in [-0.3, -0.25) is 4.99 Å². The maximum absolute atomic E-state index is 13.3. The molecular weight excluding hydrogens is 510 g/mol. The standard InChI is InChI=1S/C17H24F3N3O3S.HI/c1-16(2)11-23(7-8-27(16,24)25)15(21-3)22-10-12-5-6-13(26-4)9-14(12)17(18,19)20;/h5-6,9H,7-8,10-11H2,1-4H3,(H,21,22);1H. The van der Waals surface area contributed by atoms with Gasteiger partial charge in [0.2, 0.25) is 0 Å². The molecule has 1 aliphatic heterocycles. The largest absolute Gasteiger partial charge is 0.497 e. The SMILES string of the molecule is CN=C(NCc1ccc(OC)cc1C(F)(F)F)N1CCS(=O)(=O)C(C)(C)C1.I. The molecular formula is C17H25F3IN3O3S. The van der Waals surface area contributed by atoms with Crippen molar-refractivity contribution in [1.82, 2.24) is 10.2 Å². The molecule has 160 valence electrons. The van der Waals surface area contributed by atoms with E-state index in [9.17, 15) is 21.6 Å². The van der Waals surface area contributed by atoms with Crippen LogP contribution in [-0.4, -0.2) is 57.0 Å². The van der Waals surface area contributed by atoms with E-state index in [1.54, 1.807) is 18.7 Å². The number of aliphatic imine (C=N–C) groups is 1. The third-order valence-electron chi connectivity index (χ3n) is 4.61. The maximum atomic E-state index is 13.3. The van der Waals surface area contributed by atoms with E-state index in [2.05, 4.69) is 10.3 Å². The van der Waals surface area contributed by atoms with Crippen molar-refractivity contribution in [2.24, 2.45) is 4.99 Å². The lowest BCUT2D eigenvalue weighted by molar-refractivity contribution is -0.138. The highest BCUT2D eigenvalue weighted by Crippen LogP contribution is 2.34. The number of ether oxygens (including phenoxy) is 1. The van der Waals surface area contributed by atoms with Crippen molar-refractivity contribution >= 4 is 39.8 Å². The second-order valence-electron chi connectivity index (χ2n) is 6.92. The van der Waals surface area contributed by atoms with Crippen LogP contribution < -0.4 is 10.1 Å². The zero-order valence-electron chi connectivity index (χ0n) is 16.1. The quantitative estimate of drug-likeness (QED) is 0.367. The molecule has 28 heavy (non-hydrogen) atoms. The second kappa shape index (κ2) is 9.06. The monoisotopic (exact) mass is 535 g/mol. The summed E-state index contributed by atoms with van der Waals surface area (Å²) in [5, 5.41) is 2.91. The van der Waals surface area contributed by atoms with Gasteiger partial charge < -0.3 is 15.0 Å². The summed E-state index contributed by atoms with van der Waals surface area (Å²) in [6.45, 7) is 3.61. The summed E-state index contributed by atoms with van der Waals surface area (Å²) in [6.07, 6.45) is -4.52. The van der Waals surface area contributed by atoms with Crippen molar-refractivity contribution < 1.29 is 26.3 Å². The molecule has 1 heterocycles. The van der Waals surface area contributed by atoms with Crippen molar-refractivity contribution in [2.75, 3.05) is 33.0 Å². The van der Waals surface area contributed by atoms with Crippen molar-refractivity contribution in [3.63, 3.8) is 0 Å². The number of hydrogen-bond acceptors (Lipinski definition) is 4. The van der Waals surface area contributed by atoms with Crippen LogP contribution in [0.5, 0.6) is 5.75 Å². The first kappa shape index (κ1) is 24.8. The summed E-state index contributed by atoms with van der Waals surface area (Å²) < 4.78 is 68.1. The van der Waals surface area contributed by atoms with Gasteiger partial charge in [0.1, 0.15) is 5.75 Å². The number of halogens is 4. The summed E-state index contributed by atoms with van der Waals surface area (Å²) in [6, 6.07) is 3.77.